The van der Waals surface area contributed by atoms with Crippen LogP contribution in [0.1, 0.15) is 18.4 Å². The van der Waals surface area contributed by atoms with Crippen LogP contribution in [-0.4, -0.2) is 23.2 Å². The number of hydrogen-bond acceptors (Lipinski definition) is 3. The maximum Gasteiger partial charge on any atom is 0.408 e. The maximum atomic E-state index is 11.7. The fraction of sp³-hybridized carbons (Fsp3) is 0.250. The first kappa shape index (κ1) is 14.8. The SMILES string of the molecule is O=C(N[C@@H](CC1=CC=CC1)C(=O)O)OCc1ccccc1. The van der Waals surface area contributed by atoms with Crippen LogP contribution in [0.4, 0.5) is 4.79 Å². The number of alkyl carbamates (subject to hydrolysis) is 1. The third-order valence-electron chi connectivity index (χ3n) is 3.12. The Balaban J connectivity index is 1.82. The molecule has 21 heavy (non-hydrogen) atoms. The van der Waals surface area contributed by atoms with Crippen molar-refractivity contribution in [3.05, 3.63) is 59.7 Å². The Bertz CT molecular complexity index is 563. The van der Waals surface area contributed by atoms with E-state index in [1.54, 1.807) is 0 Å². The predicted octanol–water partition coefficient (Wildman–Crippen LogP) is 2.64. The minimum absolute atomic E-state index is 0.114. The van der Waals surface area contributed by atoms with Crippen molar-refractivity contribution in [3.63, 3.8) is 0 Å². The zero-order valence-electron chi connectivity index (χ0n) is 11.5. The van der Waals surface area contributed by atoms with Gasteiger partial charge < -0.3 is 15.2 Å². The quantitative estimate of drug-likeness (QED) is 0.843. The molecule has 1 amide bonds. The van der Waals surface area contributed by atoms with Gasteiger partial charge in [-0.3, -0.25) is 0 Å². The fourth-order valence-corrected chi connectivity index (χ4v) is 2.01. The Kier molecular flexibility index (Phi) is 5.15. The van der Waals surface area contributed by atoms with Crippen molar-refractivity contribution in [1.29, 1.82) is 0 Å². The molecule has 1 aliphatic rings. The number of nitrogens with one attached hydrogen (secondary N) is 1. The normalized spacial score (nSPS) is 14.4. The molecular formula is C16H17NO4. The topological polar surface area (TPSA) is 75.6 Å². The molecule has 5 nitrogen and oxygen atoms in total. The lowest BCUT2D eigenvalue weighted by Gasteiger charge is -2.15. The van der Waals surface area contributed by atoms with E-state index in [0.29, 0.717) is 0 Å². The molecular weight excluding hydrogens is 270 g/mol. The first-order valence-corrected chi connectivity index (χ1v) is 6.70. The molecule has 110 valence electrons. The van der Waals surface area contributed by atoms with Crippen molar-refractivity contribution in [2.45, 2.75) is 25.5 Å². The van der Waals surface area contributed by atoms with E-state index in [4.69, 9.17) is 9.84 Å². The van der Waals surface area contributed by atoms with Crippen LogP contribution in [0.25, 0.3) is 0 Å². The Morgan fingerprint density at radius 2 is 2.05 bits per heavy atom. The molecule has 0 heterocycles. The second-order valence-electron chi connectivity index (χ2n) is 4.76. The first-order chi connectivity index (χ1) is 10.1. The van der Waals surface area contributed by atoms with Gasteiger partial charge in [-0.15, -0.1) is 0 Å². The lowest BCUT2D eigenvalue weighted by atomic mass is 10.1. The number of hydrogen-bond donors (Lipinski definition) is 2. The summed E-state index contributed by atoms with van der Waals surface area (Å²) in [5, 5.41) is 11.5. The molecule has 5 heteroatoms. The monoisotopic (exact) mass is 287 g/mol. The van der Waals surface area contributed by atoms with Gasteiger partial charge in [0, 0.05) is 6.42 Å². The van der Waals surface area contributed by atoms with Gasteiger partial charge in [-0.25, -0.2) is 9.59 Å². The third-order valence-corrected chi connectivity index (χ3v) is 3.12. The number of carboxylic acids is 1. The lowest BCUT2D eigenvalue weighted by molar-refractivity contribution is -0.139. The van der Waals surface area contributed by atoms with Crippen LogP contribution in [0, 0.1) is 0 Å². The molecule has 0 spiro atoms. The summed E-state index contributed by atoms with van der Waals surface area (Å²) in [6.45, 7) is 0.114. The molecule has 2 rings (SSSR count). The van der Waals surface area contributed by atoms with Gasteiger partial charge in [-0.05, 0) is 12.0 Å². The second kappa shape index (κ2) is 7.28. The molecule has 1 aliphatic carbocycles. The number of ether oxygens (including phenoxy) is 1. The summed E-state index contributed by atoms with van der Waals surface area (Å²) >= 11 is 0. The third kappa shape index (κ3) is 4.80. The maximum absolute atomic E-state index is 11.7. The van der Waals surface area contributed by atoms with E-state index in [0.717, 1.165) is 17.6 Å². The molecule has 1 aromatic carbocycles. The summed E-state index contributed by atoms with van der Waals surface area (Å²) in [4.78, 5) is 22.9. The van der Waals surface area contributed by atoms with Crippen LogP contribution >= 0.6 is 0 Å². The minimum atomic E-state index is -1.07. The van der Waals surface area contributed by atoms with Gasteiger partial charge in [0.2, 0.25) is 0 Å². The number of carbonyl (C=O) groups is 2. The van der Waals surface area contributed by atoms with Crippen LogP contribution in [0.5, 0.6) is 0 Å². The highest BCUT2D eigenvalue weighted by molar-refractivity contribution is 5.80. The number of carboxylic acid groups (broad SMARTS) is 1. The Hall–Kier alpha value is -2.56. The van der Waals surface area contributed by atoms with Crippen molar-refractivity contribution in [3.8, 4) is 0 Å². The lowest BCUT2D eigenvalue weighted by Crippen LogP contribution is -2.41. The molecule has 0 saturated carbocycles. The standard InChI is InChI=1S/C16H17NO4/c18-15(19)14(10-12-6-4-5-7-12)17-16(20)21-11-13-8-2-1-3-9-13/h1-6,8-9,14H,7,10-11H2,(H,17,20)(H,18,19)/t14-/m0/s1. The summed E-state index contributed by atoms with van der Waals surface area (Å²) in [6.07, 6.45) is 5.97. The van der Waals surface area contributed by atoms with E-state index in [2.05, 4.69) is 5.32 Å². The van der Waals surface area contributed by atoms with E-state index < -0.39 is 18.1 Å². The summed E-state index contributed by atoms with van der Waals surface area (Å²) in [6, 6.07) is 8.24. The smallest absolute Gasteiger partial charge is 0.408 e. The highest BCUT2D eigenvalue weighted by atomic mass is 16.5. The molecule has 0 saturated heterocycles. The molecule has 0 unspecified atom stereocenters. The van der Waals surface area contributed by atoms with Crippen LogP contribution in [0.3, 0.4) is 0 Å². The summed E-state index contributed by atoms with van der Waals surface area (Å²) in [5.41, 5.74) is 1.83. The Morgan fingerprint density at radius 1 is 1.29 bits per heavy atom. The van der Waals surface area contributed by atoms with Gasteiger partial charge in [-0.1, -0.05) is 54.1 Å². The van der Waals surface area contributed by atoms with Gasteiger partial charge in [0.25, 0.3) is 0 Å². The summed E-state index contributed by atoms with van der Waals surface area (Å²) in [7, 11) is 0. The van der Waals surface area contributed by atoms with Gasteiger partial charge >= 0.3 is 12.1 Å². The van der Waals surface area contributed by atoms with Crippen molar-refractivity contribution < 1.29 is 19.4 Å². The van der Waals surface area contributed by atoms with Crippen LogP contribution in [0.2, 0.25) is 0 Å². The second-order valence-corrected chi connectivity index (χ2v) is 4.76. The average Bonchev–Trinajstić information content (AvgIpc) is 2.98. The number of benzene rings is 1. The summed E-state index contributed by atoms with van der Waals surface area (Å²) < 4.78 is 5.02. The van der Waals surface area contributed by atoms with E-state index >= 15 is 0 Å². The van der Waals surface area contributed by atoms with Crippen molar-refractivity contribution in [2.75, 3.05) is 0 Å². The van der Waals surface area contributed by atoms with E-state index in [1.807, 2.05) is 48.6 Å². The molecule has 0 fully saturated rings. The zero-order chi connectivity index (χ0) is 15.1. The molecule has 0 aliphatic heterocycles. The van der Waals surface area contributed by atoms with Crippen molar-refractivity contribution >= 4 is 12.1 Å². The van der Waals surface area contributed by atoms with Gasteiger partial charge in [-0.2, -0.15) is 0 Å². The number of allylic oxidation sites excluding steroid dienone is 3. The number of carbonyl (C=O) groups excluding carboxylic acids is 1. The zero-order valence-corrected chi connectivity index (χ0v) is 11.5. The average molecular weight is 287 g/mol. The van der Waals surface area contributed by atoms with Gasteiger partial charge in [0.05, 0.1) is 0 Å². The molecule has 1 aromatic rings. The van der Waals surface area contributed by atoms with Crippen molar-refractivity contribution in [2.24, 2.45) is 0 Å². The van der Waals surface area contributed by atoms with Crippen LogP contribution in [0.15, 0.2) is 54.1 Å². The molecule has 0 bridgehead atoms. The summed E-state index contributed by atoms with van der Waals surface area (Å²) in [5.74, 6) is -1.07. The van der Waals surface area contributed by atoms with Crippen molar-refractivity contribution in [1.82, 2.24) is 5.32 Å². The van der Waals surface area contributed by atoms with Crippen LogP contribution < -0.4 is 5.32 Å². The van der Waals surface area contributed by atoms with E-state index in [1.165, 1.54) is 0 Å². The molecule has 2 N–H and O–H groups in total. The predicted molar refractivity (Wildman–Crippen MR) is 77.6 cm³/mol. The number of amides is 1. The van der Waals surface area contributed by atoms with E-state index in [-0.39, 0.29) is 13.0 Å². The largest absolute Gasteiger partial charge is 0.480 e. The minimum Gasteiger partial charge on any atom is -0.480 e. The molecule has 0 aromatic heterocycles. The van der Waals surface area contributed by atoms with Crippen LogP contribution in [-0.2, 0) is 16.1 Å². The highest BCUT2D eigenvalue weighted by Crippen LogP contribution is 2.16. The fourth-order valence-electron chi connectivity index (χ4n) is 2.01. The first-order valence-electron chi connectivity index (χ1n) is 6.70. The number of aliphatic carboxylic acids is 1. The van der Waals surface area contributed by atoms with Gasteiger partial charge in [0.1, 0.15) is 12.6 Å². The Labute approximate surface area is 122 Å². The number of rotatable bonds is 6. The molecule has 0 radical (unpaired) electrons. The Morgan fingerprint density at radius 3 is 2.67 bits per heavy atom. The molecule has 1 atom stereocenters. The van der Waals surface area contributed by atoms with Gasteiger partial charge in [0.15, 0.2) is 0 Å². The van der Waals surface area contributed by atoms with E-state index in [9.17, 15) is 9.59 Å². The highest BCUT2D eigenvalue weighted by Gasteiger charge is 2.22.